The molecule has 0 aromatic heterocycles. The van der Waals surface area contributed by atoms with E-state index in [0.717, 1.165) is 0 Å². The van der Waals surface area contributed by atoms with E-state index >= 15 is 0 Å². The molecule has 0 N–H and O–H groups in total. The predicted octanol–water partition coefficient (Wildman–Crippen LogP) is 3.20. The third kappa shape index (κ3) is 1.69. The van der Waals surface area contributed by atoms with E-state index < -0.39 is 0 Å². The Kier molecular flexibility index (Phi) is 2.87. The summed E-state index contributed by atoms with van der Waals surface area (Å²) in [6.07, 6.45) is 4.08. The van der Waals surface area contributed by atoms with Crippen LogP contribution in [0, 0.1) is 0 Å². The van der Waals surface area contributed by atoms with Crippen molar-refractivity contribution in [1.82, 2.24) is 4.48 Å². The molecule has 76 valence electrons. The SMILES string of the molecule is CCC[N+]1(c2ccccc2)CCCC1. The minimum Gasteiger partial charge on any atom is -0.291 e. The van der Waals surface area contributed by atoms with E-state index in [4.69, 9.17) is 0 Å². The van der Waals surface area contributed by atoms with Gasteiger partial charge >= 0.3 is 0 Å². The summed E-state index contributed by atoms with van der Waals surface area (Å²) in [6.45, 7) is 6.29. The molecule has 1 aliphatic rings. The highest BCUT2D eigenvalue weighted by Gasteiger charge is 2.32. The number of rotatable bonds is 3. The Morgan fingerprint density at radius 3 is 2.29 bits per heavy atom. The zero-order valence-corrected chi connectivity index (χ0v) is 9.08. The van der Waals surface area contributed by atoms with Gasteiger partial charge in [0, 0.05) is 12.8 Å². The first-order chi connectivity index (χ1) is 6.87. The van der Waals surface area contributed by atoms with Gasteiger partial charge in [-0.15, -0.1) is 0 Å². The Bertz CT molecular complexity index is 273. The fraction of sp³-hybridized carbons (Fsp3) is 0.538. The van der Waals surface area contributed by atoms with Crippen molar-refractivity contribution in [2.75, 3.05) is 19.6 Å². The molecule has 0 bridgehead atoms. The molecule has 0 radical (unpaired) electrons. The topological polar surface area (TPSA) is 0 Å². The third-order valence-electron chi connectivity index (χ3n) is 3.38. The number of nitrogens with zero attached hydrogens (tertiary/aromatic N) is 1. The summed E-state index contributed by atoms with van der Waals surface area (Å²) in [6, 6.07) is 11.0. The lowest BCUT2D eigenvalue weighted by atomic mass is 10.2. The average Bonchev–Trinajstić information content (AvgIpc) is 2.70. The van der Waals surface area contributed by atoms with Crippen molar-refractivity contribution in [2.45, 2.75) is 26.2 Å². The van der Waals surface area contributed by atoms with Gasteiger partial charge < -0.3 is 0 Å². The van der Waals surface area contributed by atoms with Crippen LogP contribution in [0.25, 0.3) is 0 Å². The molecular formula is C13H20N+. The van der Waals surface area contributed by atoms with Crippen LogP contribution < -0.4 is 4.48 Å². The average molecular weight is 190 g/mol. The molecule has 1 heterocycles. The minimum atomic E-state index is 1.23. The van der Waals surface area contributed by atoms with Gasteiger partial charge in [-0.3, -0.25) is 4.48 Å². The molecule has 0 atom stereocenters. The molecule has 1 aromatic carbocycles. The van der Waals surface area contributed by atoms with Gasteiger partial charge in [0.05, 0.1) is 19.6 Å². The number of benzene rings is 1. The summed E-state index contributed by atoms with van der Waals surface area (Å²) in [5, 5.41) is 0. The van der Waals surface area contributed by atoms with Gasteiger partial charge in [-0.05, 0) is 18.6 Å². The number of likely N-dealkylation sites (tertiary alicyclic amines) is 1. The first kappa shape index (κ1) is 9.72. The highest BCUT2D eigenvalue weighted by atomic mass is 15.4. The van der Waals surface area contributed by atoms with Crippen molar-refractivity contribution in [1.29, 1.82) is 0 Å². The van der Waals surface area contributed by atoms with E-state index in [1.807, 2.05) is 0 Å². The zero-order valence-electron chi connectivity index (χ0n) is 9.08. The van der Waals surface area contributed by atoms with Gasteiger partial charge in [-0.25, -0.2) is 0 Å². The molecule has 0 spiro atoms. The molecule has 1 nitrogen and oxygen atoms in total. The molecule has 1 aromatic rings. The van der Waals surface area contributed by atoms with Gasteiger partial charge in [0.25, 0.3) is 0 Å². The first-order valence-corrected chi connectivity index (χ1v) is 5.79. The van der Waals surface area contributed by atoms with Gasteiger partial charge in [-0.2, -0.15) is 0 Å². The van der Waals surface area contributed by atoms with E-state index in [1.54, 1.807) is 0 Å². The van der Waals surface area contributed by atoms with Crippen molar-refractivity contribution >= 4 is 5.69 Å². The maximum absolute atomic E-state index is 2.29. The van der Waals surface area contributed by atoms with E-state index in [9.17, 15) is 0 Å². The Balaban J connectivity index is 2.27. The molecule has 2 rings (SSSR count). The largest absolute Gasteiger partial charge is 0.291 e. The maximum atomic E-state index is 2.29. The van der Waals surface area contributed by atoms with Crippen molar-refractivity contribution < 1.29 is 0 Å². The number of hydrogen-bond acceptors (Lipinski definition) is 0. The molecule has 1 aliphatic heterocycles. The molecule has 1 fully saturated rings. The Labute approximate surface area is 86.9 Å². The molecule has 0 unspecified atom stereocenters. The lowest BCUT2D eigenvalue weighted by Crippen LogP contribution is -2.46. The maximum Gasteiger partial charge on any atom is 0.132 e. The molecule has 0 saturated carbocycles. The fourth-order valence-electron chi connectivity index (χ4n) is 2.72. The summed E-state index contributed by atoms with van der Waals surface area (Å²) < 4.78 is 1.23. The Morgan fingerprint density at radius 1 is 1.07 bits per heavy atom. The number of quaternary nitrogens is 1. The van der Waals surface area contributed by atoms with Gasteiger partial charge in [0.15, 0.2) is 0 Å². The summed E-state index contributed by atoms with van der Waals surface area (Å²) in [5.41, 5.74) is 1.52. The summed E-state index contributed by atoms with van der Waals surface area (Å²) in [4.78, 5) is 0. The van der Waals surface area contributed by atoms with Crippen LogP contribution in [0.4, 0.5) is 5.69 Å². The van der Waals surface area contributed by atoms with Gasteiger partial charge in [0.1, 0.15) is 5.69 Å². The zero-order chi connectivity index (χ0) is 9.86. The van der Waals surface area contributed by atoms with E-state index in [1.165, 1.54) is 49.1 Å². The standard InChI is InChI=1S/C13H20N/c1-2-10-14(11-6-7-12-14)13-8-4-3-5-9-13/h3-5,8-9H,2,6-7,10-12H2,1H3/q+1. The monoisotopic (exact) mass is 190 g/mol. The predicted molar refractivity (Wildman–Crippen MR) is 62.4 cm³/mol. The second-order valence-electron chi connectivity index (χ2n) is 4.36. The van der Waals surface area contributed by atoms with Crippen molar-refractivity contribution in [3.05, 3.63) is 30.3 Å². The summed E-state index contributed by atoms with van der Waals surface area (Å²) >= 11 is 0. The Hall–Kier alpha value is -0.820. The van der Waals surface area contributed by atoms with Crippen LogP contribution in [0.5, 0.6) is 0 Å². The number of hydrogen-bond donors (Lipinski definition) is 0. The second kappa shape index (κ2) is 4.14. The molecule has 1 saturated heterocycles. The van der Waals surface area contributed by atoms with Gasteiger partial charge in [0.2, 0.25) is 0 Å². The van der Waals surface area contributed by atoms with Gasteiger partial charge in [-0.1, -0.05) is 25.1 Å². The van der Waals surface area contributed by atoms with Crippen LogP contribution >= 0.6 is 0 Å². The molecular weight excluding hydrogens is 170 g/mol. The van der Waals surface area contributed by atoms with E-state index in [0.29, 0.717) is 0 Å². The van der Waals surface area contributed by atoms with Crippen molar-refractivity contribution in [3.63, 3.8) is 0 Å². The van der Waals surface area contributed by atoms with E-state index in [2.05, 4.69) is 37.3 Å². The lowest BCUT2D eigenvalue weighted by molar-refractivity contribution is 0.333. The molecule has 0 amide bonds. The smallest absolute Gasteiger partial charge is 0.132 e. The third-order valence-corrected chi connectivity index (χ3v) is 3.38. The van der Waals surface area contributed by atoms with E-state index in [-0.39, 0.29) is 0 Å². The molecule has 14 heavy (non-hydrogen) atoms. The summed E-state index contributed by atoms with van der Waals surface area (Å²) in [5.74, 6) is 0. The van der Waals surface area contributed by atoms with Crippen LogP contribution in [0.1, 0.15) is 26.2 Å². The normalized spacial score (nSPS) is 19.8. The lowest BCUT2D eigenvalue weighted by Gasteiger charge is -2.33. The quantitative estimate of drug-likeness (QED) is 0.642. The summed E-state index contributed by atoms with van der Waals surface area (Å²) in [7, 11) is 0. The van der Waals surface area contributed by atoms with Crippen LogP contribution in [0.2, 0.25) is 0 Å². The number of para-hydroxylation sites is 1. The minimum absolute atomic E-state index is 1.23. The van der Waals surface area contributed by atoms with Crippen LogP contribution in [0.15, 0.2) is 30.3 Å². The Morgan fingerprint density at radius 2 is 1.71 bits per heavy atom. The van der Waals surface area contributed by atoms with Crippen LogP contribution in [-0.4, -0.2) is 19.6 Å². The highest BCUT2D eigenvalue weighted by Crippen LogP contribution is 2.29. The van der Waals surface area contributed by atoms with Crippen LogP contribution in [-0.2, 0) is 0 Å². The first-order valence-electron chi connectivity index (χ1n) is 5.79. The fourth-order valence-corrected chi connectivity index (χ4v) is 2.72. The van der Waals surface area contributed by atoms with Crippen molar-refractivity contribution in [2.24, 2.45) is 0 Å². The molecule has 0 aliphatic carbocycles. The van der Waals surface area contributed by atoms with Crippen molar-refractivity contribution in [3.8, 4) is 0 Å². The highest BCUT2D eigenvalue weighted by molar-refractivity contribution is 5.43. The second-order valence-corrected chi connectivity index (χ2v) is 4.36. The molecule has 1 heteroatoms. The van der Waals surface area contributed by atoms with Crippen LogP contribution in [0.3, 0.4) is 0 Å².